The summed E-state index contributed by atoms with van der Waals surface area (Å²) in [6, 6.07) is 0. The Morgan fingerprint density at radius 2 is 1.39 bits per heavy atom. The Hall–Kier alpha value is 0.0700. The molecule has 3 heteroatoms. The van der Waals surface area contributed by atoms with E-state index in [1.807, 2.05) is 0 Å². The van der Waals surface area contributed by atoms with E-state index in [1.54, 1.807) is 0 Å². The zero-order chi connectivity index (χ0) is 12.3. The largest absolute Gasteiger partial charge is 0.362 e. The quantitative estimate of drug-likeness (QED) is 0.404. The summed E-state index contributed by atoms with van der Waals surface area (Å²) in [6.07, 6.45) is 17.1. The van der Waals surface area contributed by atoms with Crippen LogP contribution in [0.3, 0.4) is 0 Å². The SMILES string of the molecule is CCCCCCCCCCCN1C=CN(C)C1.I. The average molecular weight is 366 g/mol. The molecule has 0 radical (unpaired) electrons. The zero-order valence-electron chi connectivity index (χ0n) is 12.2. The Morgan fingerprint density at radius 1 is 0.833 bits per heavy atom. The number of nitrogens with zero attached hydrogens (tertiary/aromatic N) is 2. The highest BCUT2D eigenvalue weighted by atomic mass is 127. The van der Waals surface area contributed by atoms with Gasteiger partial charge in [-0.15, -0.1) is 24.0 Å². The van der Waals surface area contributed by atoms with Gasteiger partial charge in [0.05, 0.1) is 6.67 Å². The number of rotatable bonds is 10. The lowest BCUT2D eigenvalue weighted by atomic mass is 10.1. The fourth-order valence-corrected chi connectivity index (χ4v) is 2.36. The highest BCUT2D eigenvalue weighted by Crippen LogP contribution is 2.11. The first-order valence-corrected chi connectivity index (χ1v) is 7.45. The Bertz CT molecular complexity index is 207. The third-order valence-corrected chi connectivity index (χ3v) is 3.49. The van der Waals surface area contributed by atoms with Gasteiger partial charge >= 0.3 is 0 Å². The van der Waals surface area contributed by atoms with Crippen LogP contribution in [0.25, 0.3) is 0 Å². The molecule has 0 N–H and O–H groups in total. The van der Waals surface area contributed by atoms with Gasteiger partial charge < -0.3 is 9.80 Å². The monoisotopic (exact) mass is 366 g/mol. The van der Waals surface area contributed by atoms with Gasteiger partial charge in [-0.3, -0.25) is 0 Å². The van der Waals surface area contributed by atoms with Crippen molar-refractivity contribution in [2.24, 2.45) is 0 Å². The van der Waals surface area contributed by atoms with Gasteiger partial charge in [0.15, 0.2) is 0 Å². The summed E-state index contributed by atoms with van der Waals surface area (Å²) >= 11 is 0. The van der Waals surface area contributed by atoms with E-state index < -0.39 is 0 Å². The lowest BCUT2D eigenvalue weighted by Crippen LogP contribution is -2.23. The molecule has 0 aromatic rings. The van der Waals surface area contributed by atoms with Crippen LogP contribution in [0.15, 0.2) is 12.4 Å². The molecule has 0 unspecified atom stereocenters. The summed E-state index contributed by atoms with van der Waals surface area (Å²) in [5, 5.41) is 0. The van der Waals surface area contributed by atoms with Gasteiger partial charge in [0.1, 0.15) is 0 Å². The molecule has 1 rings (SSSR count). The first-order chi connectivity index (χ1) is 8.33. The Kier molecular flexibility index (Phi) is 12.2. The van der Waals surface area contributed by atoms with E-state index >= 15 is 0 Å². The van der Waals surface area contributed by atoms with Crippen LogP contribution in [0, 0.1) is 0 Å². The second-order valence-corrected chi connectivity index (χ2v) is 5.34. The number of unbranched alkanes of at least 4 members (excludes halogenated alkanes) is 8. The Morgan fingerprint density at radius 3 is 1.89 bits per heavy atom. The van der Waals surface area contributed by atoms with Gasteiger partial charge in [-0.2, -0.15) is 0 Å². The molecule has 2 nitrogen and oxygen atoms in total. The highest BCUT2D eigenvalue weighted by Gasteiger charge is 2.06. The molecule has 18 heavy (non-hydrogen) atoms. The predicted molar refractivity (Wildman–Crippen MR) is 91.1 cm³/mol. The summed E-state index contributed by atoms with van der Waals surface area (Å²) in [5.41, 5.74) is 0. The summed E-state index contributed by atoms with van der Waals surface area (Å²) in [7, 11) is 2.13. The first-order valence-electron chi connectivity index (χ1n) is 7.45. The van der Waals surface area contributed by atoms with Gasteiger partial charge in [-0.1, -0.05) is 58.3 Å². The van der Waals surface area contributed by atoms with Crippen molar-refractivity contribution >= 4 is 24.0 Å². The van der Waals surface area contributed by atoms with E-state index in [1.165, 1.54) is 64.3 Å². The van der Waals surface area contributed by atoms with E-state index in [4.69, 9.17) is 0 Å². The van der Waals surface area contributed by atoms with Crippen molar-refractivity contribution in [3.05, 3.63) is 12.4 Å². The average Bonchev–Trinajstić information content (AvgIpc) is 2.73. The zero-order valence-corrected chi connectivity index (χ0v) is 14.6. The van der Waals surface area contributed by atoms with Gasteiger partial charge in [0.25, 0.3) is 0 Å². The normalized spacial score (nSPS) is 14.1. The minimum absolute atomic E-state index is 0. The third kappa shape index (κ3) is 9.06. The van der Waals surface area contributed by atoms with Crippen molar-refractivity contribution in [2.75, 3.05) is 20.3 Å². The fraction of sp³-hybridized carbons (Fsp3) is 0.867. The van der Waals surface area contributed by atoms with Crippen LogP contribution in [0.4, 0.5) is 0 Å². The summed E-state index contributed by atoms with van der Waals surface area (Å²) < 4.78 is 0. The van der Waals surface area contributed by atoms with Crippen LogP contribution >= 0.6 is 24.0 Å². The smallest absolute Gasteiger partial charge is 0.0890 e. The number of hydrogen-bond donors (Lipinski definition) is 0. The summed E-state index contributed by atoms with van der Waals surface area (Å²) in [6.45, 7) is 4.60. The lowest BCUT2D eigenvalue weighted by molar-refractivity contribution is 0.290. The minimum atomic E-state index is 0. The van der Waals surface area contributed by atoms with Crippen molar-refractivity contribution in [3.63, 3.8) is 0 Å². The van der Waals surface area contributed by atoms with Crippen molar-refractivity contribution in [1.82, 2.24) is 9.80 Å². The van der Waals surface area contributed by atoms with Crippen molar-refractivity contribution in [1.29, 1.82) is 0 Å². The van der Waals surface area contributed by atoms with Crippen LogP contribution in [0.2, 0.25) is 0 Å². The standard InChI is InChI=1S/C15H30N2.HI/c1-3-4-5-6-7-8-9-10-11-12-17-14-13-16(2)15-17;/h13-14H,3-12,15H2,1-2H3;1H. The Balaban J connectivity index is 0.00000289. The first kappa shape index (κ1) is 18.1. The molecular formula is C15H31IN2. The molecule has 0 atom stereocenters. The summed E-state index contributed by atoms with van der Waals surface area (Å²) in [5.74, 6) is 0. The third-order valence-electron chi connectivity index (χ3n) is 3.49. The topological polar surface area (TPSA) is 6.48 Å². The van der Waals surface area contributed by atoms with Crippen molar-refractivity contribution in [2.45, 2.75) is 64.7 Å². The van der Waals surface area contributed by atoms with E-state index in [0.29, 0.717) is 0 Å². The molecule has 0 fully saturated rings. The molecule has 0 saturated carbocycles. The van der Waals surface area contributed by atoms with Crippen LogP contribution in [-0.4, -0.2) is 30.1 Å². The molecule has 1 aliphatic rings. The molecule has 0 aliphatic carbocycles. The van der Waals surface area contributed by atoms with Gasteiger partial charge in [0, 0.05) is 26.0 Å². The molecule has 0 aromatic heterocycles. The van der Waals surface area contributed by atoms with Crippen LogP contribution in [0.1, 0.15) is 64.7 Å². The molecule has 0 aromatic carbocycles. The second kappa shape index (κ2) is 12.1. The maximum Gasteiger partial charge on any atom is 0.0890 e. The van der Waals surface area contributed by atoms with E-state index in [-0.39, 0.29) is 24.0 Å². The summed E-state index contributed by atoms with van der Waals surface area (Å²) in [4.78, 5) is 4.63. The van der Waals surface area contributed by atoms with Crippen molar-refractivity contribution < 1.29 is 0 Å². The predicted octanol–water partition coefficient (Wildman–Crippen LogP) is 4.81. The molecule has 108 valence electrons. The van der Waals surface area contributed by atoms with E-state index in [0.717, 1.165) is 6.67 Å². The maximum atomic E-state index is 2.40. The molecule has 1 heterocycles. The molecule has 0 spiro atoms. The van der Waals surface area contributed by atoms with Gasteiger partial charge in [-0.25, -0.2) is 0 Å². The number of halogens is 1. The van der Waals surface area contributed by atoms with Crippen molar-refractivity contribution in [3.8, 4) is 0 Å². The Labute approximate surface area is 131 Å². The van der Waals surface area contributed by atoms with Gasteiger partial charge in [0.2, 0.25) is 0 Å². The molecular weight excluding hydrogens is 335 g/mol. The highest BCUT2D eigenvalue weighted by molar-refractivity contribution is 14.0. The second-order valence-electron chi connectivity index (χ2n) is 5.34. The van der Waals surface area contributed by atoms with Crippen LogP contribution < -0.4 is 0 Å². The molecule has 1 aliphatic heterocycles. The van der Waals surface area contributed by atoms with E-state index in [9.17, 15) is 0 Å². The fourth-order valence-electron chi connectivity index (χ4n) is 2.36. The van der Waals surface area contributed by atoms with Crippen LogP contribution in [0.5, 0.6) is 0 Å². The maximum absolute atomic E-state index is 2.40. The van der Waals surface area contributed by atoms with Gasteiger partial charge in [-0.05, 0) is 6.42 Å². The minimum Gasteiger partial charge on any atom is -0.362 e. The van der Waals surface area contributed by atoms with Crippen LogP contribution in [-0.2, 0) is 0 Å². The molecule has 0 saturated heterocycles. The lowest BCUT2D eigenvalue weighted by Gasteiger charge is -2.17. The number of hydrogen-bond acceptors (Lipinski definition) is 2. The molecule has 0 bridgehead atoms. The molecule has 0 amide bonds. The van der Waals surface area contributed by atoms with E-state index in [2.05, 4.69) is 36.2 Å².